The Hall–Kier alpha value is -0.915. The Balaban J connectivity index is 1.82. The normalized spacial score (nSPS) is 17.8. The summed E-state index contributed by atoms with van der Waals surface area (Å²) in [5.41, 5.74) is 4.73. The molecule has 0 aliphatic carbocycles. The van der Waals surface area contributed by atoms with Gasteiger partial charge in [-0.3, -0.25) is 4.79 Å². The summed E-state index contributed by atoms with van der Waals surface area (Å²) in [5.74, 6) is -1.07. The van der Waals surface area contributed by atoms with Crippen LogP contribution in [0.3, 0.4) is 0 Å². The molecule has 0 bridgehead atoms. The number of benzene rings is 1. The zero-order chi connectivity index (χ0) is 23.9. The van der Waals surface area contributed by atoms with Gasteiger partial charge in [0.05, 0.1) is 14.9 Å². The SMILES string of the molecule is NC(CCCCB(O)O)(CCCN1CCN(S(=O)(=O)c2ccc(Cl)c(Cl)c2)CC1)C(=O)O. The highest BCUT2D eigenvalue weighted by atomic mass is 35.5. The second-order valence-corrected chi connectivity index (χ2v) is 10.9. The van der Waals surface area contributed by atoms with Gasteiger partial charge in [-0.2, -0.15) is 4.31 Å². The van der Waals surface area contributed by atoms with Gasteiger partial charge in [-0.15, -0.1) is 0 Å². The molecule has 1 saturated heterocycles. The van der Waals surface area contributed by atoms with Crippen LogP contribution < -0.4 is 5.73 Å². The second kappa shape index (κ2) is 12.0. The number of piperazine rings is 1. The average molecular weight is 510 g/mol. The molecule has 32 heavy (non-hydrogen) atoms. The Bertz CT molecular complexity index is 884. The summed E-state index contributed by atoms with van der Waals surface area (Å²) in [6.45, 7) is 2.30. The van der Waals surface area contributed by atoms with Gasteiger partial charge in [0.15, 0.2) is 0 Å². The molecule has 0 aromatic heterocycles. The van der Waals surface area contributed by atoms with E-state index >= 15 is 0 Å². The van der Waals surface area contributed by atoms with Gasteiger partial charge in [0.25, 0.3) is 0 Å². The topological polar surface area (TPSA) is 144 Å². The third kappa shape index (κ3) is 7.56. The van der Waals surface area contributed by atoms with Crippen LogP contribution >= 0.6 is 23.2 Å². The highest BCUT2D eigenvalue weighted by molar-refractivity contribution is 7.89. The summed E-state index contributed by atoms with van der Waals surface area (Å²) in [5, 5.41) is 27.8. The molecule has 5 N–H and O–H groups in total. The first kappa shape index (κ1) is 27.3. The van der Waals surface area contributed by atoms with Crippen LogP contribution in [0, 0.1) is 0 Å². The molecule has 13 heteroatoms. The van der Waals surface area contributed by atoms with Gasteiger partial charge in [-0.25, -0.2) is 8.42 Å². The molecule has 0 radical (unpaired) electrons. The fourth-order valence-corrected chi connectivity index (χ4v) is 5.52. The molecule has 180 valence electrons. The van der Waals surface area contributed by atoms with Gasteiger partial charge in [-0.1, -0.05) is 36.0 Å². The van der Waals surface area contributed by atoms with Crippen molar-refractivity contribution >= 4 is 46.3 Å². The number of nitrogens with zero attached hydrogens (tertiary/aromatic N) is 2. The predicted octanol–water partition coefficient (Wildman–Crippen LogP) is 1.51. The Kier molecular flexibility index (Phi) is 10.2. The number of sulfonamides is 1. The zero-order valence-electron chi connectivity index (χ0n) is 17.8. The van der Waals surface area contributed by atoms with E-state index in [9.17, 15) is 18.3 Å². The van der Waals surface area contributed by atoms with Crippen molar-refractivity contribution in [3.63, 3.8) is 0 Å². The fourth-order valence-electron chi connectivity index (χ4n) is 3.70. The molecule has 9 nitrogen and oxygen atoms in total. The number of nitrogens with two attached hydrogens (primary N) is 1. The maximum absolute atomic E-state index is 12.8. The summed E-state index contributed by atoms with van der Waals surface area (Å²) in [4.78, 5) is 13.8. The van der Waals surface area contributed by atoms with Crippen LogP contribution in [0.1, 0.15) is 32.1 Å². The number of carboxylic acids is 1. The van der Waals surface area contributed by atoms with Crippen LogP contribution in [0.4, 0.5) is 0 Å². The molecule has 0 saturated carbocycles. The number of rotatable bonds is 12. The number of halogens is 2. The number of carboxylic acid groups (broad SMARTS) is 1. The van der Waals surface area contributed by atoms with Crippen LogP contribution in [0.25, 0.3) is 0 Å². The van der Waals surface area contributed by atoms with Crippen LogP contribution in [-0.2, 0) is 14.8 Å². The van der Waals surface area contributed by atoms with Gasteiger partial charge in [0.2, 0.25) is 10.0 Å². The monoisotopic (exact) mass is 509 g/mol. The van der Waals surface area contributed by atoms with Crippen molar-refractivity contribution in [2.24, 2.45) is 5.73 Å². The van der Waals surface area contributed by atoms with Crippen molar-refractivity contribution in [2.75, 3.05) is 32.7 Å². The van der Waals surface area contributed by atoms with Crippen molar-refractivity contribution in [3.05, 3.63) is 28.2 Å². The lowest BCUT2D eigenvalue weighted by atomic mass is 9.81. The molecule has 2 rings (SSSR count). The van der Waals surface area contributed by atoms with Gasteiger partial charge < -0.3 is 25.8 Å². The maximum atomic E-state index is 12.8. The molecular formula is C19H30BCl2N3O6S. The van der Waals surface area contributed by atoms with Crippen molar-refractivity contribution in [1.82, 2.24) is 9.21 Å². The minimum absolute atomic E-state index is 0.100. The summed E-state index contributed by atoms with van der Waals surface area (Å²) in [7, 11) is -5.07. The summed E-state index contributed by atoms with van der Waals surface area (Å²) in [6, 6.07) is 4.24. The van der Waals surface area contributed by atoms with E-state index in [-0.39, 0.29) is 29.1 Å². The third-order valence-corrected chi connectivity index (χ3v) is 8.35. The Morgan fingerprint density at radius 2 is 1.69 bits per heavy atom. The van der Waals surface area contributed by atoms with Crippen molar-refractivity contribution in [1.29, 1.82) is 0 Å². The van der Waals surface area contributed by atoms with E-state index in [0.29, 0.717) is 57.0 Å². The molecule has 1 aliphatic heterocycles. The molecule has 1 aliphatic rings. The third-order valence-electron chi connectivity index (χ3n) is 5.72. The van der Waals surface area contributed by atoms with Crippen LogP contribution in [0.15, 0.2) is 23.1 Å². The van der Waals surface area contributed by atoms with E-state index < -0.39 is 28.6 Å². The quantitative estimate of drug-likeness (QED) is 0.245. The lowest BCUT2D eigenvalue weighted by molar-refractivity contribution is -0.144. The fraction of sp³-hybridized carbons (Fsp3) is 0.632. The minimum Gasteiger partial charge on any atom is -0.480 e. The van der Waals surface area contributed by atoms with E-state index in [0.717, 1.165) is 0 Å². The Morgan fingerprint density at radius 3 is 2.25 bits per heavy atom. The Morgan fingerprint density at radius 1 is 1.06 bits per heavy atom. The molecule has 1 fully saturated rings. The summed E-state index contributed by atoms with van der Waals surface area (Å²) < 4.78 is 27.1. The van der Waals surface area contributed by atoms with E-state index in [4.69, 9.17) is 39.0 Å². The average Bonchev–Trinajstić information content (AvgIpc) is 2.73. The molecule has 1 unspecified atom stereocenters. The lowest BCUT2D eigenvalue weighted by Crippen LogP contribution is -2.50. The van der Waals surface area contributed by atoms with Crippen LogP contribution in [-0.4, -0.2) is 84.1 Å². The molecule has 1 heterocycles. The van der Waals surface area contributed by atoms with E-state index in [1.165, 1.54) is 22.5 Å². The van der Waals surface area contributed by atoms with Gasteiger partial charge in [0.1, 0.15) is 5.54 Å². The first-order valence-electron chi connectivity index (χ1n) is 10.5. The van der Waals surface area contributed by atoms with Crippen LogP contribution in [0.2, 0.25) is 16.4 Å². The highest BCUT2D eigenvalue weighted by Gasteiger charge is 2.34. The van der Waals surface area contributed by atoms with Gasteiger partial charge in [0, 0.05) is 26.2 Å². The van der Waals surface area contributed by atoms with E-state index in [2.05, 4.69) is 4.90 Å². The summed E-state index contributed by atoms with van der Waals surface area (Å²) in [6.07, 6.45) is 2.26. The molecule has 1 aromatic carbocycles. The maximum Gasteiger partial charge on any atom is 0.451 e. The first-order chi connectivity index (χ1) is 15.0. The first-order valence-corrected chi connectivity index (χ1v) is 12.7. The number of aliphatic carboxylic acids is 1. The van der Waals surface area contributed by atoms with Crippen molar-refractivity contribution in [3.8, 4) is 0 Å². The second-order valence-electron chi connectivity index (χ2n) is 8.11. The van der Waals surface area contributed by atoms with E-state index in [1.807, 2.05) is 0 Å². The smallest absolute Gasteiger partial charge is 0.451 e. The van der Waals surface area contributed by atoms with Crippen molar-refractivity contribution in [2.45, 2.75) is 48.9 Å². The van der Waals surface area contributed by atoms with Crippen LogP contribution in [0.5, 0.6) is 0 Å². The number of unbranched alkanes of at least 4 members (excludes halogenated alkanes) is 1. The number of hydrogen-bond donors (Lipinski definition) is 4. The predicted molar refractivity (Wildman–Crippen MR) is 124 cm³/mol. The molecular weight excluding hydrogens is 480 g/mol. The molecule has 1 atom stereocenters. The van der Waals surface area contributed by atoms with E-state index in [1.54, 1.807) is 0 Å². The van der Waals surface area contributed by atoms with Crippen molar-refractivity contribution < 1.29 is 28.4 Å². The molecule has 0 amide bonds. The Labute approximate surface area is 199 Å². The minimum atomic E-state index is -3.67. The highest BCUT2D eigenvalue weighted by Crippen LogP contribution is 2.27. The standard InChI is InChI=1S/C19H30BCl2N3O6S/c21-16-5-4-15(14-17(16)22)32(30,31)25-12-10-24(11-13-25)9-3-7-19(23,18(26)27)6-1-2-8-20(28)29/h4-5,14,28-29H,1-3,6-13,23H2,(H,26,27). The van der Waals surface area contributed by atoms with Gasteiger partial charge in [-0.05, 0) is 50.3 Å². The number of hydrogen-bond acceptors (Lipinski definition) is 7. The number of carbonyl (C=O) groups is 1. The molecule has 0 spiro atoms. The largest absolute Gasteiger partial charge is 0.480 e. The lowest BCUT2D eigenvalue weighted by Gasteiger charge is -2.34. The zero-order valence-corrected chi connectivity index (χ0v) is 20.1. The van der Waals surface area contributed by atoms with Gasteiger partial charge >= 0.3 is 13.1 Å². The summed E-state index contributed by atoms with van der Waals surface area (Å²) >= 11 is 11.8. The molecule has 1 aromatic rings.